The maximum atomic E-state index is 12.0. The molecule has 0 N–H and O–H groups in total. The molecule has 0 amide bonds. The van der Waals surface area contributed by atoms with Gasteiger partial charge in [0.1, 0.15) is 0 Å². The molecule has 1 rings (SSSR count). The molecule has 1 unspecified atom stereocenters. The first-order valence-electron chi connectivity index (χ1n) is 6.07. The summed E-state index contributed by atoms with van der Waals surface area (Å²) in [6.07, 6.45) is 1.90. The largest absolute Gasteiger partial charge is 0.465 e. The Morgan fingerprint density at radius 1 is 1.60 bits per heavy atom. The average molecular weight is 342 g/mol. The number of ether oxygens (including phenoxy) is 1. The maximum Gasteiger partial charge on any atom is 0.315 e. The third-order valence-electron chi connectivity index (χ3n) is 3.00. The number of esters is 1. The molecular weight excluding hydrogens is 326 g/mol. The molecule has 0 saturated carbocycles. The third kappa shape index (κ3) is 3.66. The van der Waals surface area contributed by atoms with Crippen molar-refractivity contribution < 1.29 is 14.5 Å². The van der Waals surface area contributed by atoms with Gasteiger partial charge in [0.15, 0.2) is 0 Å². The topological polar surface area (TPSA) is 69.4 Å². The quantitative estimate of drug-likeness (QED) is 0.342. The Balaban J connectivity index is 3.04. The minimum absolute atomic E-state index is 0.00272. The summed E-state index contributed by atoms with van der Waals surface area (Å²) in [5.74, 6) is -0.361. The lowest BCUT2D eigenvalue weighted by atomic mass is 9.84. The van der Waals surface area contributed by atoms with Gasteiger partial charge < -0.3 is 4.74 Å². The molecule has 6 heteroatoms. The van der Waals surface area contributed by atoms with Crippen molar-refractivity contribution in [3.63, 3.8) is 0 Å². The van der Waals surface area contributed by atoms with E-state index < -0.39 is 10.3 Å². The summed E-state index contributed by atoms with van der Waals surface area (Å²) < 4.78 is 5.63. The van der Waals surface area contributed by atoms with E-state index in [1.54, 1.807) is 26.0 Å². The molecule has 0 aliphatic rings. The lowest BCUT2D eigenvalue weighted by Gasteiger charge is -2.23. The number of hydrogen-bond donors (Lipinski definition) is 0. The zero-order chi connectivity index (χ0) is 15.3. The van der Waals surface area contributed by atoms with Crippen LogP contribution in [-0.2, 0) is 16.0 Å². The summed E-state index contributed by atoms with van der Waals surface area (Å²) in [4.78, 5) is 22.2. The van der Waals surface area contributed by atoms with E-state index in [0.29, 0.717) is 17.5 Å². The number of nitrogens with zero attached hydrogens (tertiary/aromatic N) is 1. The predicted octanol–water partition coefficient (Wildman–Crippen LogP) is 3.66. The fraction of sp³-hybridized carbons (Fsp3) is 0.357. The highest BCUT2D eigenvalue weighted by Gasteiger charge is 2.32. The second-order valence-corrected chi connectivity index (χ2v) is 5.41. The van der Waals surface area contributed by atoms with Crippen LogP contribution in [0.2, 0.25) is 0 Å². The summed E-state index contributed by atoms with van der Waals surface area (Å²) in [7, 11) is 0. The van der Waals surface area contributed by atoms with Gasteiger partial charge in [-0.1, -0.05) is 28.1 Å². The Morgan fingerprint density at radius 3 is 2.70 bits per heavy atom. The zero-order valence-electron chi connectivity index (χ0n) is 11.4. The molecule has 0 radical (unpaired) electrons. The van der Waals surface area contributed by atoms with E-state index in [9.17, 15) is 14.9 Å². The number of non-ortho nitro benzene ring substituents is 1. The second kappa shape index (κ2) is 6.65. The monoisotopic (exact) mass is 341 g/mol. The zero-order valence-corrected chi connectivity index (χ0v) is 13.0. The van der Waals surface area contributed by atoms with Gasteiger partial charge in [-0.3, -0.25) is 14.9 Å². The number of nitro groups is 1. The number of carbonyl (C=O) groups is 1. The van der Waals surface area contributed by atoms with E-state index >= 15 is 0 Å². The number of nitro benzene ring substituents is 1. The minimum Gasteiger partial charge on any atom is -0.465 e. The summed E-state index contributed by atoms with van der Waals surface area (Å²) in [6.45, 7) is 7.45. The maximum absolute atomic E-state index is 12.0. The molecule has 1 atom stereocenters. The highest BCUT2D eigenvalue weighted by Crippen LogP contribution is 2.31. The Bertz CT molecular complexity index is 544. The number of hydrogen-bond acceptors (Lipinski definition) is 4. The van der Waals surface area contributed by atoms with Crippen LogP contribution in [0.25, 0.3) is 0 Å². The highest BCUT2D eigenvalue weighted by molar-refractivity contribution is 9.10. The normalized spacial score (nSPS) is 13.3. The molecule has 0 aliphatic heterocycles. The van der Waals surface area contributed by atoms with Crippen LogP contribution in [0, 0.1) is 15.5 Å². The average Bonchev–Trinajstić information content (AvgIpc) is 2.40. The SMILES string of the molecule is C=CC(C)(Cc1ccc([N+](=O)[O-])cc1Br)C(=O)OCC. The lowest BCUT2D eigenvalue weighted by molar-refractivity contribution is -0.384. The van der Waals surface area contributed by atoms with Crippen LogP contribution in [0.3, 0.4) is 0 Å². The molecule has 0 aliphatic carbocycles. The van der Waals surface area contributed by atoms with Gasteiger partial charge in [-0.05, 0) is 25.8 Å². The predicted molar refractivity (Wildman–Crippen MR) is 79.4 cm³/mol. The number of rotatable bonds is 6. The van der Waals surface area contributed by atoms with Crippen molar-refractivity contribution in [3.8, 4) is 0 Å². The Labute approximate surface area is 125 Å². The summed E-state index contributed by atoms with van der Waals surface area (Å²) in [5, 5.41) is 10.7. The first kappa shape index (κ1) is 16.4. The molecule has 0 bridgehead atoms. The van der Waals surface area contributed by atoms with Crippen molar-refractivity contribution in [3.05, 3.63) is 51.0 Å². The highest BCUT2D eigenvalue weighted by atomic mass is 79.9. The smallest absolute Gasteiger partial charge is 0.315 e. The summed E-state index contributed by atoms with van der Waals surface area (Å²) >= 11 is 3.29. The van der Waals surface area contributed by atoms with Gasteiger partial charge in [-0.2, -0.15) is 0 Å². The fourth-order valence-corrected chi connectivity index (χ4v) is 2.22. The van der Waals surface area contributed by atoms with E-state index in [0.717, 1.165) is 5.56 Å². The van der Waals surface area contributed by atoms with Crippen molar-refractivity contribution in [2.24, 2.45) is 5.41 Å². The van der Waals surface area contributed by atoms with Crippen molar-refractivity contribution >= 4 is 27.6 Å². The number of carbonyl (C=O) groups excluding carboxylic acids is 1. The van der Waals surface area contributed by atoms with Crippen molar-refractivity contribution in [1.29, 1.82) is 0 Å². The van der Waals surface area contributed by atoms with Crippen LogP contribution in [0.4, 0.5) is 5.69 Å². The van der Waals surface area contributed by atoms with Gasteiger partial charge in [-0.15, -0.1) is 6.58 Å². The number of halogens is 1. The first-order chi connectivity index (χ1) is 9.34. The Hall–Kier alpha value is -1.69. The molecule has 108 valence electrons. The van der Waals surface area contributed by atoms with E-state index in [4.69, 9.17) is 4.74 Å². The van der Waals surface area contributed by atoms with Gasteiger partial charge in [0.2, 0.25) is 0 Å². The molecule has 0 fully saturated rings. The van der Waals surface area contributed by atoms with Crippen molar-refractivity contribution in [2.75, 3.05) is 6.61 Å². The van der Waals surface area contributed by atoms with Gasteiger partial charge in [0, 0.05) is 16.6 Å². The van der Waals surface area contributed by atoms with Gasteiger partial charge in [-0.25, -0.2) is 0 Å². The molecule has 0 heterocycles. The van der Waals surface area contributed by atoms with Crippen molar-refractivity contribution in [1.82, 2.24) is 0 Å². The lowest BCUT2D eigenvalue weighted by Crippen LogP contribution is -2.30. The molecule has 20 heavy (non-hydrogen) atoms. The molecule has 1 aromatic rings. The third-order valence-corrected chi connectivity index (χ3v) is 3.74. The van der Waals surface area contributed by atoms with Crippen LogP contribution >= 0.6 is 15.9 Å². The minimum atomic E-state index is -0.866. The van der Waals surface area contributed by atoms with E-state index in [2.05, 4.69) is 22.5 Å². The van der Waals surface area contributed by atoms with Crippen LogP contribution in [0.1, 0.15) is 19.4 Å². The van der Waals surface area contributed by atoms with E-state index in [-0.39, 0.29) is 11.7 Å². The Kier molecular flexibility index (Phi) is 5.44. The standard InChI is InChI=1S/C14H16BrNO4/c1-4-14(3,13(17)20-5-2)9-10-6-7-11(16(18)19)8-12(10)15/h4,6-8H,1,5,9H2,2-3H3. The molecular formula is C14H16BrNO4. The van der Waals surface area contributed by atoms with Crippen LogP contribution in [-0.4, -0.2) is 17.5 Å². The fourth-order valence-electron chi connectivity index (χ4n) is 1.71. The van der Waals surface area contributed by atoms with E-state index in [1.807, 2.05) is 0 Å². The van der Waals surface area contributed by atoms with Crippen LogP contribution in [0.15, 0.2) is 35.3 Å². The number of benzene rings is 1. The first-order valence-corrected chi connectivity index (χ1v) is 6.87. The van der Waals surface area contributed by atoms with Crippen molar-refractivity contribution in [2.45, 2.75) is 20.3 Å². The summed E-state index contributed by atoms with van der Waals surface area (Å²) in [6, 6.07) is 4.46. The van der Waals surface area contributed by atoms with Crippen LogP contribution < -0.4 is 0 Å². The summed E-state index contributed by atoms with van der Waals surface area (Å²) in [5.41, 5.74) is -0.0857. The molecule has 0 aromatic heterocycles. The van der Waals surface area contributed by atoms with Crippen LogP contribution in [0.5, 0.6) is 0 Å². The molecule has 0 spiro atoms. The van der Waals surface area contributed by atoms with E-state index in [1.165, 1.54) is 12.1 Å². The molecule has 1 aromatic carbocycles. The Morgan fingerprint density at radius 2 is 2.25 bits per heavy atom. The second-order valence-electron chi connectivity index (χ2n) is 4.55. The molecule has 5 nitrogen and oxygen atoms in total. The van der Waals surface area contributed by atoms with Gasteiger partial charge in [0.05, 0.1) is 16.9 Å². The van der Waals surface area contributed by atoms with Gasteiger partial charge in [0.25, 0.3) is 5.69 Å². The van der Waals surface area contributed by atoms with Gasteiger partial charge >= 0.3 is 5.97 Å². The molecule has 0 saturated heterocycles.